The lowest BCUT2D eigenvalue weighted by Gasteiger charge is -2.30. The van der Waals surface area contributed by atoms with Crippen LogP contribution in [0.15, 0.2) is 70.5 Å². The molecule has 3 rings (SSSR count). The van der Waals surface area contributed by atoms with Crippen molar-refractivity contribution in [1.29, 1.82) is 0 Å². The largest absolute Gasteiger partial charge is 0.376 e. The first-order chi connectivity index (χ1) is 10.1. The van der Waals surface area contributed by atoms with Crippen molar-refractivity contribution < 1.29 is 5.11 Å². The predicted molar refractivity (Wildman–Crippen MR) is 83.7 cm³/mol. The zero-order valence-corrected chi connectivity index (χ0v) is 12.5. The third-order valence-corrected chi connectivity index (χ3v) is 4.03. The summed E-state index contributed by atoms with van der Waals surface area (Å²) in [5.41, 5.74) is 0.853. The Morgan fingerprint density at radius 1 is 0.857 bits per heavy atom. The monoisotopic (exact) mass is 318 g/mol. The van der Waals surface area contributed by atoms with E-state index in [4.69, 9.17) is 23.2 Å². The van der Waals surface area contributed by atoms with Crippen LogP contribution in [-0.2, 0) is 5.60 Å². The lowest BCUT2D eigenvalue weighted by molar-refractivity contribution is 0.120. The standard InChI is InChI=1S/C16H12Cl2N2O/c17-14-5-1-11(2-6-14)16(21,13-9-19-20-10-13)12-3-7-15(18)8-4-12/h1-9,21H,10H2. The SMILES string of the molecule is OC(C1=CN=NC1)(c1ccc(Cl)cc1)c1ccc(Cl)cc1. The lowest BCUT2D eigenvalue weighted by Crippen LogP contribution is -2.30. The lowest BCUT2D eigenvalue weighted by atomic mass is 9.80. The fourth-order valence-electron chi connectivity index (χ4n) is 2.40. The molecule has 2 aromatic rings. The van der Waals surface area contributed by atoms with Crippen LogP contribution in [0.1, 0.15) is 11.1 Å². The number of hydrogen-bond donors (Lipinski definition) is 1. The van der Waals surface area contributed by atoms with Gasteiger partial charge in [0, 0.05) is 15.6 Å². The third kappa shape index (κ3) is 2.60. The van der Waals surface area contributed by atoms with Crippen LogP contribution in [0.4, 0.5) is 0 Å². The molecule has 0 fully saturated rings. The molecule has 0 saturated heterocycles. The Hall–Kier alpha value is -1.68. The highest BCUT2D eigenvalue weighted by Crippen LogP contribution is 2.39. The maximum atomic E-state index is 11.4. The fourth-order valence-corrected chi connectivity index (χ4v) is 2.65. The van der Waals surface area contributed by atoms with E-state index in [2.05, 4.69) is 10.2 Å². The summed E-state index contributed by atoms with van der Waals surface area (Å²) in [5, 5.41) is 20.4. The molecule has 0 atom stereocenters. The Labute approximate surface area is 132 Å². The van der Waals surface area contributed by atoms with Crippen molar-refractivity contribution in [2.75, 3.05) is 6.54 Å². The van der Waals surface area contributed by atoms with Crippen LogP contribution >= 0.6 is 23.2 Å². The van der Waals surface area contributed by atoms with E-state index in [-0.39, 0.29) is 0 Å². The zero-order valence-electron chi connectivity index (χ0n) is 11.0. The molecular formula is C16H12Cl2N2O. The average molecular weight is 319 g/mol. The van der Waals surface area contributed by atoms with Crippen LogP contribution in [0, 0.1) is 0 Å². The highest BCUT2D eigenvalue weighted by molar-refractivity contribution is 6.30. The number of halogens is 2. The minimum Gasteiger partial charge on any atom is -0.376 e. The molecule has 5 heteroatoms. The maximum Gasteiger partial charge on any atom is 0.140 e. The Bertz CT molecular complexity index is 661. The molecule has 1 heterocycles. The molecule has 0 spiro atoms. The first kappa shape index (κ1) is 14.3. The second-order valence-electron chi connectivity index (χ2n) is 4.79. The summed E-state index contributed by atoms with van der Waals surface area (Å²) in [4.78, 5) is 0. The van der Waals surface area contributed by atoms with Crippen molar-refractivity contribution in [1.82, 2.24) is 0 Å². The van der Waals surface area contributed by atoms with E-state index in [1.807, 2.05) is 0 Å². The van der Waals surface area contributed by atoms with Crippen LogP contribution in [0.5, 0.6) is 0 Å². The Morgan fingerprint density at radius 2 is 1.33 bits per heavy atom. The molecule has 1 aliphatic rings. The first-order valence-electron chi connectivity index (χ1n) is 6.41. The van der Waals surface area contributed by atoms with Crippen LogP contribution in [0.3, 0.4) is 0 Å². The quantitative estimate of drug-likeness (QED) is 0.884. The molecule has 0 saturated carbocycles. The van der Waals surface area contributed by atoms with E-state index in [1.165, 1.54) is 0 Å². The van der Waals surface area contributed by atoms with E-state index in [0.29, 0.717) is 33.3 Å². The number of benzene rings is 2. The van der Waals surface area contributed by atoms with E-state index in [0.717, 1.165) is 0 Å². The van der Waals surface area contributed by atoms with Gasteiger partial charge in [0.2, 0.25) is 0 Å². The van der Waals surface area contributed by atoms with Gasteiger partial charge in [0.25, 0.3) is 0 Å². The number of aliphatic hydroxyl groups is 1. The van der Waals surface area contributed by atoms with E-state index < -0.39 is 5.60 Å². The minimum absolute atomic E-state index is 0.363. The van der Waals surface area contributed by atoms with Crippen LogP contribution < -0.4 is 0 Å². The number of rotatable bonds is 3. The van der Waals surface area contributed by atoms with Gasteiger partial charge in [0.1, 0.15) is 5.60 Å². The summed E-state index contributed by atoms with van der Waals surface area (Å²) in [5.74, 6) is 0. The van der Waals surface area contributed by atoms with Crippen LogP contribution in [-0.4, -0.2) is 11.7 Å². The van der Waals surface area contributed by atoms with Crippen LogP contribution in [0.25, 0.3) is 0 Å². The van der Waals surface area contributed by atoms with E-state index in [9.17, 15) is 5.11 Å². The highest BCUT2D eigenvalue weighted by Gasteiger charge is 2.36. The Kier molecular flexibility index (Phi) is 3.81. The van der Waals surface area contributed by atoms with Gasteiger partial charge in [-0.2, -0.15) is 10.2 Å². The van der Waals surface area contributed by atoms with Crippen molar-refractivity contribution in [3.05, 3.63) is 81.5 Å². The van der Waals surface area contributed by atoms with Crippen molar-refractivity contribution in [3.8, 4) is 0 Å². The Balaban J connectivity index is 2.15. The summed E-state index contributed by atoms with van der Waals surface area (Å²) in [6.45, 7) is 0.363. The predicted octanol–water partition coefficient (Wildman–Crippen LogP) is 4.58. The van der Waals surface area contributed by atoms with Gasteiger partial charge in [-0.1, -0.05) is 47.5 Å². The molecule has 0 aromatic heterocycles. The highest BCUT2D eigenvalue weighted by atomic mass is 35.5. The summed E-state index contributed by atoms with van der Waals surface area (Å²) in [6, 6.07) is 14.2. The van der Waals surface area contributed by atoms with E-state index in [1.54, 1.807) is 54.7 Å². The second kappa shape index (κ2) is 5.60. The number of hydrogen-bond acceptors (Lipinski definition) is 3. The number of azo groups is 1. The smallest absolute Gasteiger partial charge is 0.140 e. The Morgan fingerprint density at radius 3 is 1.71 bits per heavy atom. The first-order valence-corrected chi connectivity index (χ1v) is 7.17. The molecule has 0 unspecified atom stereocenters. The molecule has 0 aliphatic carbocycles. The molecular weight excluding hydrogens is 307 g/mol. The van der Waals surface area contributed by atoms with Crippen molar-refractivity contribution >= 4 is 23.2 Å². The third-order valence-electron chi connectivity index (χ3n) is 3.52. The van der Waals surface area contributed by atoms with Gasteiger partial charge in [-0.05, 0) is 35.4 Å². The molecule has 2 aromatic carbocycles. The molecule has 3 nitrogen and oxygen atoms in total. The molecule has 0 amide bonds. The second-order valence-corrected chi connectivity index (χ2v) is 5.67. The summed E-state index contributed by atoms with van der Waals surface area (Å²) < 4.78 is 0. The van der Waals surface area contributed by atoms with Crippen molar-refractivity contribution in [2.45, 2.75) is 5.60 Å². The van der Waals surface area contributed by atoms with Gasteiger partial charge in [-0.25, -0.2) is 0 Å². The molecule has 1 N–H and O–H groups in total. The van der Waals surface area contributed by atoms with Gasteiger partial charge < -0.3 is 5.11 Å². The molecule has 0 bridgehead atoms. The molecule has 1 aliphatic heterocycles. The normalized spacial score (nSPS) is 14.3. The average Bonchev–Trinajstić information content (AvgIpc) is 3.02. The van der Waals surface area contributed by atoms with Crippen LogP contribution in [0.2, 0.25) is 10.0 Å². The topological polar surface area (TPSA) is 45.0 Å². The van der Waals surface area contributed by atoms with Crippen molar-refractivity contribution in [2.24, 2.45) is 10.2 Å². The summed E-state index contributed by atoms with van der Waals surface area (Å²) >= 11 is 11.9. The van der Waals surface area contributed by atoms with Crippen molar-refractivity contribution in [3.63, 3.8) is 0 Å². The summed E-state index contributed by atoms with van der Waals surface area (Å²) in [6.07, 6.45) is 1.60. The van der Waals surface area contributed by atoms with E-state index >= 15 is 0 Å². The van der Waals surface area contributed by atoms with Gasteiger partial charge in [0.05, 0.1) is 12.7 Å². The molecule has 0 radical (unpaired) electrons. The molecule has 106 valence electrons. The van der Waals surface area contributed by atoms with Gasteiger partial charge in [-0.15, -0.1) is 0 Å². The van der Waals surface area contributed by atoms with Gasteiger partial charge in [-0.3, -0.25) is 0 Å². The van der Waals surface area contributed by atoms with Gasteiger partial charge in [0.15, 0.2) is 0 Å². The number of nitrogens with zero attached hydrogens (tertiary/aromatic N) is 2. The maximum absolute atomic E-state index is 11.4. The zero-order chi connectivity index (χ0) is 14.9. The molecule has 21 heavy (non-hydrogen) atoms. The summed E-state index contributed by atoms with van der Waals surface area (Å²) in [7, 11) is 0. The van der Waals surface area contributed by atoms with Gasteiger partial charge >= 0.3 is 0 Å². The fraction of sp³-hybridized carbons (Fsp3) is 0.125. The minimum atomic E-state index is -1.29.